The van der Waals surface area contributed by atoms with E-state index in [1.807, 2.05) is 0 Å². The molecule has 2 aliphatic rings. The van der Waals surface area contributed by atoms with Gasteiger partial charge in [0.25, 0.3) is 11.1 Å². The van der Waals surface area contributed by atoms with E-state index >= 15 is 0 Å². The van der Waals surface area contributed by atoms with Gasteiger partial charge in [-0.05, 0) is 30.5 Å². The fourth-order valence-corrected chi connectivity index (χ4v) is 3.68. The average Bonchev–Trinajstić information content (AvgIpc) is 3.17. The predicted octanol–water partition coefficient (Wildman–Crippen LogP) is 1.57. The summed E-state index contributed by atoms with van der Waals surface area (Å²) in [6.07, 6.45) is 1.12. The van der Waals surface area contributed by atoms with Crippen molar-refractivity contribution in [3.05, 3.63) is 35.4 Å². The number of benzene rings is 1. The van der Waals surface area contributed by atoms with E-state index in [1.165, 1.54) is 4.90 Å². The number of imide groups is 1. The number of rotatable bonds is 4. The molecule has 0 spiro atoms. The number of hydrogen-bond donors (Lipinski definition) is 1. The lowest BCUT2D eigenvalue weighted by atomic mass is 10.1. The van der Waals surface area contributed by atoms with Crippen LogP contribution in [0.1, 0.15) is 28.8 Å². The van der Waals surface area contributed by atoms with Crippen molar-refractivity contribution in [2.75, 3.05) is 12.3 Å². The maximum absolute atomic E-state index is 12.6. The number of thioether (sulfide) groups is 1. The van der Waals surface area contributed by atoms with Gasteiger partial charge in [0.1, 0.15) is 6.04 Å². The molecule has 126 valence electrons. The van der Waals surface area contributed by atoms with Crippen LogP contribution in [0, 0.1) is 0 Å². The van der Waals surface area contributed by atoms with Gasteiger partial charge in [0.15, 0.2) is 0 Å². The van der Waals surface area contributed by atoms with Gasteiger partial charge in [-0.1, -0.05) is 23.9 Å². The summed E-state index contributed by atoms with van der Waals surface area (Å²) >= 11 is 0.964. The zero-order chi connectivity index (χ0) is 17.3. The summed E-state index contributed by atoms with van der Waals surface area (Å²) in [4.78, 5) is 49.7. The van der Waals surface area contributed by atoms with Gasteiger partial charge in [0, 0.05) is 12.1 Å². The molecule has 2 heterocycles. The number of carboxylic acid groups (broad SMARTS) is 1. The van der Waals surface area contributed by atoms with Gasteiger partial charge >= 0.3 is 5.97 Å². The minimum Gasteiger partial charge on any atom is -0.480 e. The van der Waals surface area contributed by atoms with Crippen LogP contribution in [0.25, 0.3) is 0 Å². The third-order valence-corrected chi connectivity index (χ3v) is 5.01. The van der Waals surface area contributed by atoms with Crippen molar-refractivity contribution in [2.45, 2.75) is 25.4 Å². The van der Waals surface area contributed by atoms with Crippen LogP contribution in [0.5, 0.6) is 0 Å². The Balaban J connectivity index is 1.77. The van der Waals surface area contributed by atoms with E-state index in [1.54, 1.807) is 24.3 Å². The van der Waals surface area contributed by atoms with Crippen LogP contribution >= 0.6 is 11.8 Å². The molecule has 7 nitrogen and oxygen atoms in total. The van der Waals surface area contributed by atoms with Gasteiger partial charge in [-0.15, -0.1) is 0 Å². The quantitative estimate of drug-likeness (QED) is 0.887. The zero-order valence-electron chi connectivity index (χ0n) is 12.8. The molecule has 2 fully saturated rings. The first-order valence-corrected chi connectivity index (χ1v) is 8.56. The number of hydrogen-bond acceptors (Lipinski definition) is 5. The summed E-state index contributed by atoms with van der Waals surface area (Å²) in [5.41, 5.74) is 1.03. The molecule has 0 aliphatic carbocycles. The number of carbonyl (C=O) groups is 4. The van der Waals surface area contributed by atoms with E-state index in [-0.39, 0.29) is 29.4 Å². The van der Waals surface area contributed by atoms with Crippen molar-refractivity contribution in [2.24, 2.45) is 0 Å². The summed E-state index contributed by atoms with van der Waals surface area (Å²) < 4.78 is 0. The number of carbonyl (C=O) groups excluding carboxylic acids is 3. The van der Waals surface area contributed by atoms with Gasteiger partial charge in [0.2, 0.25) is 5.91 Å². The minimum atomic E-state index is -0.998. The number of amides is 3. The van der Waals surface area contributed by atoms with Gasteiger partial charge in [-0.2, -0.15) is 0 Å². The standard InChI is InChI=1S/C16H16N2O5S/c19-13-9-24-16(23)18(13)8-10-3-1-4-11(7-10)14(20)17-6-2-5-12(17)15(21)22/h1,3-4,7,12H,2,5-6,8-9H2,(H,21,22)/t12-/m1/s1. The average molecular weight is 348 g/mol. The fraction of sp³-hybridized carbons (Fsp3) is 0.375. The van der Waals surface area contributed by atoms with Crippen LogP contribution in [0.15, 0.2) is 24.3 Å². The first-order chi connectivity index (χ1) is 11.5. The molecule has 1 aromatic rings. The molecular formula is C16H16N2O5S. The number of nitrogens with zero attached hydrogens (tertiary/aromatic N) is 2. The Labute approximate surface area is 142 Å². The van der Waals surface area contributed by atoms with Crippen molar-refractivity contribution < 1.29 is 24.3 Å². The maximum atomic E-state index is 12.6. The highest BCUT2D eigenvalue weighted by Crippen LogP contribution is 2.23. The number of aliphatic carboxylic acids is 1. The molecule has 0 bridgehead atoms. The summed E-state index contributed by atoms with van der Waals surface area (Å²) in [6.45, 7) is 0.536. The van der Waals surface area contributed by atoms with Crippen molar-refractivity contribution in [1.82, 2.24) is 9.80 Å². The summed E-state index contributed by atoms with van der Waals surface area (Å²) in [5, 5.41) is 8.91. The third kappa shape index (κ3) is 3.14. The first kappa shape index (κ1) is 16.5. The maximum Gasteiger partial charge on any atom is 0.326 e. The van der Waals surface area contributed by atoms with Crippen LogP contribution in [0.3, 0.4) is 0 Å². The molecule has 0 unspecified atom stereocenters. The van der Waals surface area contributed by atoms with Gasteiger partial charge in [-0.3, -0.25) is 19.3 Å². The smallest absolute Gasteiger partial charge is 0.326 e. The van der Waals surface area contributed by atoms with E-state index in [4.69, 9.17) is 0 Å². The van der Waals surface area contributed by atoms with Crippen LogP contribution in [-0.4, -0.2) is 56.3 Å². The first-order valence-electron chi connectivity index (χ1n) is 7.57. The largest absolute Gasteiger partial charge is 0.480 e. The van der Waals surface area contributed by atoms with Crippen molar-refractivity contribution in [1.29, 1.82) is 0 Å². The Morgan fingerprint density at radius 3 is 2.75 bits per heavy atom. The van der Waals surface area contributed by atoms with Gasteiger partial charge in [0.05, 0.1) is 12.3 Å². The molecule has 0 radical (unpaired) electrons. The van der Waals surface area contributed by atoms with Crippen LogP contribution < -0.4 is 0 Å². The minimum absolute atomic E-state index is 0.119. The Bertz CT molecular complexity index is 704. The Hall–Kier alpha value is -2.35. The lowest BCUT2D eigenvalue weighted by Crippen LogP contribution is -2.40. The Morgan fingerprint density at radius 2 is 2.08 bits per heavy atom. The molecule has 1 atom stereocenters. The van der Waals surface area contributed by atoms with E-state index in [0.29, 0.717) is 30.5 Å². The van der Waals surface area contributed by atoms with Crippen molar-refractivity contribution in [3.8, 4) is 0 Å². The highest BCUT2D eigenvalue weighted by Gasteiger charge is 2.34. The molecule has 8 heteroatoms. The molecule has 1 N–H and O–H groups in total. The van der Waals surface area contributed by atoms with Crippen LogP contribution in [0.4, 0.5) is 4.79 Å². The Kier molecular flexibility index (Phi) is 4.57. The summed E-state index contributed by atoms with van der Waals surface area (Å²) in [6, 6.07) is 5.85. The fourth-order valence-electron chi connectivity index (χ4n) is 2.95. The molecule has 1 aromatic carbocycles. The second kappa shape index (κ2) is 6.64. The molecule has 3 rings (SSSR count). The molecule has 2 aliphatic heterocycles. The van der Waals surface area contributed by atoms with Crippen molar-refractivity contribution in [3.63, 3.8) is 0 Å². The second-order valence-corrected chi connectivity index (χ2v) is 6.66. The zero-order valence-corrected chi connectivity index (χ0v) is 13.6. The number of likely N-dealkylation sites (tertiary alicyclic amines) is 1. The SMILES string of the molecule is O=C(O)[C@H]1CCCN1C(=O)c1cccc(CN2C(=O)CSC2=O)c1. The molecule has 2 saturated heterocycles. The Morgan fingerprint density at radius 1 is 1.29 bits per heavy atom. The van der Waals surface area contributed by atoms with Crippen molar-refractivity contribution >= 4 is 34.8 Å². The molecule has 0 aromatic heterocycles. The summed E-state index contributed by atoms with van der Waals surface area (Å²) in [7, 11) is 0. The molecular weight excluding hydrogens is 332 g/mol. The highest BCUT2D eigenvalue weighted by molar-refractivity contribution is 8.14. The van der Waals surface area contributed by atoms with E-state index in [9.17, 15) is 24.3 Å². The molecule has 3 amide bonds. The lowest BCUT2D eigenvalue weighted by molar-refractivity contribution is -0.141. The number of carboxylic acids is 1. The molecule has 0 saturated carbocycles. The third-order valence-electron chi connectivity index (χ3n) is 4.15. The van der Waals surface area contributed by atoms with Gasteiger partial charge < -0.3 is 10.0 Å². The summed E-state index contributed by atoms with van der Waals surface area (Å²) in [5.74, 6) is -1.43. The predicted molar refractivity (Wildman–Crippen MR) is 86.5 cm³/mol. The van der Waals surface area contributed by atoms with Crippen LogP contribution in [0.2, 0.25) is 0 Å². The molecule has 24 heavy (non-hydrogen) atoms. The second-order valence-electron chi connectivity index (χ2n) is 5.73. The lowest BCUT2D eigenvalue weighted by Gasteiger charge is -2.22. The topological polar surface area (TPSA) is 95.0 Å². The van der Waals surface area contributed by atoms with Crippen LogP contribution in [-0.2, 0) is 16.1 Å². The normalized spacial score (nSPS) is 20.8. The van der Waals surface area contributed by atoms with Gasteiger partial charge in [-0.25, -0.2) is 4.79 Å². The highest BCUT2D eigenvalue weighted by atomic mass is 32.2. The van der Waals surface area contributed by atoms with E-state index in [0.717, 1.165) is 16.7 Å². The van der Waals surface area contributed by atoms with E-state index < -0.39 is 12.0 Å². The monoisotopic (exact) mass is 348 g/mol. The van der Waals surface area contributed by atoms with E-state index in [2.05, 4.69) is 0 Å².